The lowest BCUT2D eigenvalue weighted by molar-refractivity contribution is -0.140. The Morgan fingerprint density at radius 1 is 1.06 bits per heavy atom. The van der Waals surface area contributed by atoms with Crippen LogP contribution in [-0.4, -0.2) is 33.8 Å². The summed E-state index contributed by atoms with van der Waals surface area (Å²) >= 11 is 0. The number of allylic oxidation sites excluding steroid dienone is 1. The van der Waals surface area contributed by atoms with E-state index >= 15 is 0 Å². The van der Waals surface area contributed by atoms with Gasteiger partial charge in [0.1, 0.15) is 0 Å². The molecule has 0 spiro atoms. The van der Waals surface area contributed by atoms with Crippen molar-refractivity contribution in [2.45, 2.75) is 39.2 Å². The van der Waals surface area contributed by atoms with Crippen molar-refractivity contribution in [1.29, 1.82) is 0 Å². The van der Waals surface area contributed by atoms with E-state index in [9.17, 15) is 19.6 Å². The summed E-state index contributed by atoms with van der Waals surface area (Å²) in [4.78, 5) is 42.9. The third-order valence-corrected chi connectivity index (χ3v) is 5.28. The Kier molecular flexibility index (Phi) is 9.76. The number of hydrogen-bond donors (Lipinski definition) is 3. The maximum absolute atomic E-state index is 13.4. The highest BCUT2D eigenvalue weighted by molar-refractivity contribution is 6.02. The molecule has 0 radical (unpaired) electrons. The molecule has 3 N–H and O–H groups in total. The van der Waals surface area contributed by atoms with Crippen LogP contribution in [0.4, 0.5) is 0 Å². The van der Waals surface area contributed by atoms with Crippen molar-refractivity contribution in [3.8, 4) is 0 Å². The van der Waals surface area contributed by atoms with Crippen LogP contribution in [0, 0.1) is 17.8 Å². The van der Waals surface area contributed by atoms with Gasteiger partial charge in [-0.1, -0.05) is 50.3 Å². The van der Waals surface area contributed by atoms with Gasteiger partial charge in [-0.05, 0) is 36.5 Å². The Morgan fingerprint density at radius 3 is 2.34 bits per heavy atom. The summed E-state index contributed by atoms with van der Waals surface area (Å²) in [6.45, 7) is 7.57. The predicted molar refractivity (Wildman–Crippen MR) is 122 cm³/mol. The molecule has 1 aromatic heterocycles. The van der Waals surface area contributed by atoms with Crippen LogP contribution in [0.15, 0.2) is 67.5 Å². The van der Waals surface area contributed by atoms with E-state index in [4.69, 9.17) is 0 Å². The molecule has 0 aliphatic rings. The van der Waals surface area contributed by atoms with E-state index in [1.54, 1.807) is 29.9 Å². The number of aromatic nitrogens is 1. The number of carbonyl (C=O) groups excluding carboxylic acids is 3. The molecule has 7 heteroatoms. The first-order valence-electron chi connectivity index (χ1n) is 10.7. The molecule has 32 heavy (non-hydrogen) atoms. The number of hydrogen-bond acceptors (Lipinski definition) is 5. The second kappa shape index (κ2) is 12.5. The quantitative estimate of drug-likeness (QED) is 0.204. The van der Waals surface area contributed by atoms with E-state index < -0.39 is 29.7 Å². The highest BCUT2D eigenvalue weighted by atomic mass is 16.5. The van der Waals surface area contributed by atoms with Crippen molar-refractivity contribution >= 4 is 17.6 Å². The van der Waals surface area contributed by atoms with Gasteiger partial charge in [-0.3, -0.25) is 24.6 Å². The summed E-state index contributed by atoms with van der Waals surface area (Å²) in [5, 5.41) is 12.1. The van der Waals surface area contributed by atoms with Crippen LogP contribution in [-0.2, 0) is 16.0 Å². The van der Waals surface area contributed by atoms with Crippen molar-refractivity contribution in [3.63, 3.8) is 0 Å². The number of hydroxylamine groups is 1. The Bertz CT molecular complexity index is 900. The largest absolute Gasteiger partial charge is 0.345 e. The summed E-state index contributed by atoms with van der Waals surface area (Å²) in [6.07, 6.45) is 5.52. The minimum atomic E-state index is -0.828. The molecular formula is C25H31N3O4. The first kappa shape index (κ1) is 24.9. The zero-order valence-corrected chi connectivity index (χ0v) is 18.5. The average molecular weight is 438 g/mol. The van der Waals surface area contributed by atoms with E-state index in [2.05, 4.69) is 16.9 Å². The molecule has 170 valence electrons. The van der Waals surface area contributed by atoms with Crippen molar-refractivity contribution in [2.24, 2.45) is 17.8 Å². The van der Waals surface area contributed by atoms with Crippen LogP contribution in [0.5, 0.6) is 0 Å². The number of amides is 2. The van der Waals surface area contributed by atoms with Gasteiger partial charge >= 0.3 is 0 Å². The van der Waals surface area contributed by atoms with Gasteiger partial charge in [0.05, 0.1) is 17.9 Å². The Balaban J connectivity index is 2.34. The summed E-state index contributed by atoms with van der Waals surface area (Å²) in [6, 6.07) is 11.9. The molecule has 0 bridgehead atoms. The van der Waals surface area contributed by atoms with Gasteiger partial charge in [0.2, 0.25) is 11.8 Å². The fraction of sp³-hybridized carbons (Fsp3) is 0.360. The molecule has 0 saturated heterocycles. The lowest BCUT2D eigenvalue weighted by atomic mass is 9.81. The van der Waals surface area contributed by atoms with Crippen molar-refractivity contribution in [3.05, 3.63) is 78.6 Å². The van der Waals surface area contributed by atoms with Gasteiger partial charge in [-0.25, -0.2) is 5.48 Å². The summed E-state index contributed by atoms with van der Waals surface area (Å²) in [7, 11) is 0. The van der Waals surface area contributed by atoms with E-state index in [1.165, 1.54) is 6.20 Å². The minimum absolute atomic E-state index is 0.117. The van der Waals surface area contributed by atoms with Crippen molar-refractivity contribution in [2.75, 3.05) is 0 Å². The third-order valence-electron chi connectivity index (χ3n) is 5.28. The number of nitrogens with zero attached hydrogens (tertiary/aromatic N) is 1. The highest BCUT2D eigenvalue weighted by Gasteiger charge is 2.35. The lowest BCUT2D eigenvalue weighted by Gasteiger charge is -2.28. The molecule has 2 rings (SSSR count). The maximum Gasteiger partial charge on any atom is 0.247 e. The Hall–Kier alpha value is -3.32. The van der Waals surface area contributed by atoms with Gasteiger partial charge in [-0.2, -0.15) is 0 Å². The Labute approximate surface area is 188 Å². The summed E-state index contributed by atoms with van der Waals surface area (Å²) < 4.78 is 0. The molecule has 1 heterocycles. The molecule has 0 aliphatic carbocycles. The molecular weight excluding hydrogens is 406 g/mol. The van der Waals surface area contributed by atoms with Crippen LogP contribution >= 0.6 is 0 Å². The molecule has 1 unspecified atom stereocenters. The number of ketones is 1. The SMILES string of the molecule is C=CC[C@H](C(=O)NO)[C@@H](CC(C)C)C(=O)NC(Cc1ccccc1)C(=O)c1cccnc1. The normalized spacial score (nSPS) is 13.6. The van der Waals surface area contributed by atoms with Gasteiger partial charge in [0, 0.05) is 24.4 Å². The average Bonchev–Trinajstić information content (AvgIpc) is 2.81. The van der Waals surface area contributed by atoms with Crippen LogP contribution in [0.25, 0.3) is 0 Å². The minimum Gasteiger partial charge on any atom is -0.345 e. The number of rotatable bonds is 12. The molecule has 0 saturated carbocycles. The predicted octanol–water partition coefficient (Wildman–Crippen LogP) is 3.35. The van der Waals surface area contributed by atoms with Crippen molar-refractivity contribution < 1.29 is 19.6 Å². The van der Waals surface area contributed by atoms with Crippen LogP contribution < -0.4 is 10.8 Å². The maximum atomic E-state index is 13.4. The zero-order chi connectivity index (χ0) is 23.5. The standard InChI is InChI=1S/C25H31N3O4/c1-4-9-20(25(31)28-32)21(14-17(2)3)24(30)27-22(15-18-10-6-5-7-11-18)23(29)19-12-8-13-26-16-19/h4-8,10-13,16-17,20-22,32H,1,9,14-15H2,2-3H3,(H,27,30)(H,28,31)/t20-,21+,22?/m0/s1. The molecule has 1 aromatic carbocycles. The van der Waals surface area contributed by atoms with Crippen LogP contribution in [0.2, 0.25) is 0 Å². The molecule has 7 nitrogen and oxygen atoms in total. The van der Waals surface area contributed by atoms with Crippen molar-refractivity contribution in [1.82, 2.24) is 15.8 Å². The second-order valence-corrected chi connectivity index (χ2v) is 8.20. The first-order valence-corrected chi connectivity index (χ1v) is 10.7. The van der Waals surface area contributed by atoms with Gasteiger partial charge in [-0.15, -0.1) is 6.58 Å². The molecule has 3 atom stereocenters. The van der Waals surface area contributed by atoms with Crippen LogP contribution in [0.1, 0.15) is 42.6 Å². The highest BCUT2D eigenvalue weighted by Crippen LogP contribution is 2.25. The van der Waals surface area contributed by atoms with E-state index in [0.29, 0.717) is 18.4 Å². The number of benzene rings is 1. The van der Waals surface area contributed by atoms with E-state index in [0.717, 1.165) is 5.56 Å². The number of carbonyl (C=O) groups is 3. The fourth-order valence-corrected chi connectivity index (χ4v) is 3.73. The van der Waals surface area contributed by atoms with E-state index in [1.807, 2.05) is 44.2 Å². The van der Waals surface area contributed by atoms with Gasteiger partial charge in [0.15, 0.2) is 5.78 Å². The monoisotopic (exact) mass is 437 g/mol. The summed E-state index contributed by atoms with van der Waals surface area (Å²) in [5.74, 6) is -2.74. The smallest absolute Gasteiger partial charge is 0.247 e. The van der Waals surface area contributed by atoms with E-state index in [-0.39, 0.29) is 18.1 Å². The second-order valence-electron chi connectivity index (χ2n) is 8.20. The molecule has 2 aromatic rings. The fourth-order valence-electron chi connectivity index (χ4n) is 3.73. The third kappa shape index (κ3) is 7.13. The zero-order valence-electron chi connectivity index (χ0n) is 18.5. The number of pyridine rings is 1. The number of Topliss-reactive ketones (excluding diaryl/α,β-unsaturated/α-hetero) is 1. The molecule has 0 aliphatic heterocycles. The topological polar surface area (TPSA) is 108 Å². The number of nitrogens with one attached hydrogen (secondary N) is 2. The van der Waals surface area contributed by atoms with Gasteiger partial charge in [0.25, 0.3) is 0 Å². The molecule has 0 fully saturated rings. The Morgan fingerprint density at radius 2 is 1.78 bits per heavy atom. The first-order chi connectivity index (χ1) is 15.4. The molecule has 2 amide bonds. The summed E-state index contributed by atoms with van der Waals surface area (Å²) in [5.41, 5.74) is 2.95. The van der Waals surface area contributed by atoms with Gasteiger partial charge < -0.3 is 5.32 Å². The lowest BCUT2D eigenvalue weighted by Crippen LogP contribution is -2.48. The van der Waals surface area contributed by atoms with Crippen LogP contribution in [0.3, 0.4) is 0 Å².